The second kappa shape index (κ2) is 5.32. The zero-order valence-corrected chi connectivity index (χ0v) is 13.4. The Balaban J connectivity index is 1.79. The van der Waals surface area contributed by atoms with Crippen LogP contribution in [0.15, 0.2) is 77.8 Å². The molecule has 0 atom stereocenters. The number of sulfonamides is 1. The minimum absolute atomic E-state index is 0.140. The van der Waals surface area contributed by atoms with Gasteiger partial charge < -0.3 is 0 Å². The van der Waals surface area contributed by atoms with Gasteiger partial charge in [0.1, 0.15) is 0 Å². The van der Waals surface area contributed by atoms with E-state index >= 15 is 0 Å². The summed E-state index contributed by atoms with van der Waals surface area (Å²) < 4.78 is 26.3. The molecule has 4 rings (SSSR count). The molecule has 5 heteroatoms. The molecule has 0 unspecified atom stereocenters. The van der Waals surface area contributed by atoms with E-state index in [1.165, 1.54) is 12.3 Å². The van der Waals surface area contributed by atoms with Crippen molar-refractivity contribution >= 4 is 32.8 Å². The minimum Gasteiger partial charge on any atom is -0.268 e. The molecule has 0 N–H and O–H groups in total. The van der Waals surface area contributed by atoms with E-state index in [1.807, 2.05) is 30.3 Å². The predicted octanol–water partition coefficient (Wildman–Crippen LogP) is 3.66. The Bertz CT molecular complexity index is 1100. The summed E-state index contributed by atoms with van der Waals surface area (Å²) in [6.07, 6.45) is 2.95. The molecular formula is C19H13NO3S. The first-order valence-electron chi connectivity index (χ1n) is 7.42. The average Bonchev–Trinajstić information content (AvgIpc) is 2.61. The number of carbonyl (C=O) groups is 1. The van der Waals surface area contributed by atoms with Crippen LogP contribution >= 0.6 is 0 Å². The molecule has 0 aliphatic carbocycles. The van der Waals surface area contributed by atoms with E-state index < -0.39 is 15.9 Å². The molecule has 0 saturated carbocycles. The lowest BCUT2D eigenvalue weighted by atomic mass is 10.1. The third-order valence-electron chi connectivity index (χ3n) is 4.04. The molecule has 0 bridgehead atoms. The third kappa shape index (κ3) is 2.21. The largest absolute Gasteiger partial charge is 0.271 e. The maximum absolute atomic E-state index is 12.8. The molecule has 1 aliphatic heterocycles. The van der Waals surface area contributed by atoms with Gasteiger partial charge in [0.2, 0.25) is 0 Å². The van der Waals surface area contributed by atoms with Crippen molar-refractivity contribution in [3.05, 3.63) is 84.1 Å². The van der Waals surface area contributed by atoms with Crippen LogP contribution in [0, 0.1) is 0 Å². The van der Waals surface area contributed by atoms with Crippen LogP contribution in [0.25, 0.3) is 16.8 Å². The highest BCUT2D eigenvalue weighted by Crippen LogP contribution is 2.28. The van der Waals surface area contributed by atoms with E-state index in [2.05, 4.69) is 0 Å². The Kier molecular flexibility index (Phi) is 3.25. The lowest BCUT2D eigenvalue weighted by Gasteiger charge is -2.23. The van der Waals surface area contributed by atoms with Gasteiger partial charge in [-0.05, 0) is 40.6 Å². The summed E-state index contributed by atoms with van der Waals surface area (Å²) in [5.41, 5.74) is 0.918. The normalized spacial score (nSPS) is 15.2. The average molecular weight is 335 g/mol. The molecular weight excluding hydrogens is 322 g/mol. The fourth-order valence-electron chi connectivity index (χ4n) is 2.81. The smallest absolute Gasteiger partial charge is 0.268 e. The summed E-state index contributed by atoms with van der Waals surface area (Å²) >= 11 is 0. The van der Waals surface area contributed by atoms with Crippen molar-refractivity contribution < 1.29 is 13.2 Å². The van der Waals surface area contributed by atoms with Crippen molar-refractivity contribution in [2.45, 2.75) is 4.90 Å². The molecule has 0 fully saturated rings. The van der Waals surface area contributed by atoms with Crippen LogP contribution in [-0.4, -0.2) is 18.6 Å². The van der Waals surface area contributed by atoms with Crippen molar-refractivity contribution in [1.82, 2.24) is 4.31 Å². The van der Waals surface area contributed by atoms with E-state index in [9.17, 15) is 13.2 Å². The number of amides is 1. The quantitative estimate of drug-likeness (QED) is 0.682. The molecule has 0 radical (unpaired) electrons. The summed E-state index contributed by atoms with van der Waals surface area (Å²) in [5, 5.41) is 1.89. The Morgan fingerprint density at radius 3 is 2.38 bits per heavy atom. The molecule has 4 nitrogen and oxygen atoms in total. The maximum Gasteiger partial charge on any atom is 0.271 e. The molecule has 0 saturated heterocycles. The standard InChI is InChI=1S/C19H13NO3S/c21-19(17-10-9-14-5-1-2-7-16(14)13-17)20-12-11-15-6-3-4-8-18(15)24(20,22)23/h1-13H. The highest BCUT2D eigenvalue weighted by molar-refractivity contribution is 7.90. The van der Waals surface area contributed by atoms with Gasteiger partial charge in [0.15, 0.2) is 0 Å². The van der Waals surface area contributed by atoms with E-state index in [4.69, 9.17) is 0 Å². The van der Waals surface area contributed by atoms with Gasteiger partial charge in [0, 0.05) is 11.8 Å². The van der Waals surface area contributed by atoms with E-state index in [0.29, 0.717) is 11.1 Å². The number of fused-ring (bicyclic) bond motifs is 2. The van der Waals surface area contributed by atoms with Gasteiger partial charge in [-0.1, -0.05) is 48.5 Å². The second-order valence-electron chi connectivity index (χ2n) is 5.52. The SMILES string of the molecule is O=C(c1ccc2ccccc2c1)N1C=Cc2ccccc2S1(=O)=O. The minimum atomic E-state index is -3.89. The third-order valence-corrected chi connectivity index (χ3v) is 5.77. The zero-order chi connectivity index (χ0) is 16.7. The van der Waals surface area contributed by atoms with E-state index in [0.717, 1.165) is 15.1 Å². The summed E-state index contributed by atoms with van der Waals surface area (Å²) in [5.74, 6) is -0.563. The highest BCUT2D eigenvalue weighted by Gasteiger charge is 2.32. The van der Waals surface area contributed by atoms with Crippen molar-refractivity contribution in [3.63, 3.8) is 0 Å². The van der Waals surface area contributed by atoms with Crippen molar-refractivity contribution in [2.24, 2.45) is 0 Å². The number of nitrogens with zero attached hydrogens (tertiary/aromatic N) is 1. The Hall–Kier alpha value is -2.92. The van der Waals surface area contributed by atoms with Crippen molar-refractivity contribution in [1.29, 1.82) is 0 Å². The van der Waals surface area contributed by atoms with Crippen LogP contribution in [0.5, 0.6) is 0 Å². The Labute approximate surface area is 139 Å². The van der Waals surface area contributed by atoms with Crippen LogP contribution < -0.4 is 0 Å². The van der Waals surface area contributed by atoms with Crippen molar-refractivity contribution in [2.75, 3.05) is 0 Å². The molecule has 3 aromatic carbocycles. The number of rotatable bonds is 1. The highest BCUT2D eigenvalue weighted by atomic mass is 32.2. The van der Waals surface area contributed by atoms with E-state index in [-0.39, 0.29) is 4.90 Å². The molecule has 118 valence electrons. The molecule has 1 aliphatic rings. The summed E-state index contributed by atoms with van der Waals surface area (Å²) in [6, 6.07) is 19.4. The summed E-state index contributed by atoms with van der Waals surface area (Å²) in [6.45, 7) is 0. The summed E-state index contributed by atoms with van der Waals surface area (Å²) in [4.78, 5) is 12.9. The first-order chi connectivity index (χ1) is 11.6. The number of carbonyl (C=O) groups excluding carboxylic acids is 1. The molecule has 3 aromatic rings. The fourth-order valence-corrected chi connectivity index (χ4v) is 4.25. The van der Waals surface area contributed by atoms with Crippen LogP contribution in [0.2, 0.25) is 0 Å². The van der Waals surface area contributed by atoms with Gasteiger partial charge in [-0.25, -0.2) is 12.7 Å². The first-order valence-corrected chi connectivity index (χ1v) is 8.86. The molecule has 0 spiro atoms. The topological polar surface area (TPSA) is 54.5 Å². The molecule has 1 heterocycles. The predicted molar refractivity (Wildman–Crippen MR) is 92.8 cm³/mol. The van der Waals surface area contributed by atoms with Gasteiger partial charge >= 0.3 is 0 Å². The first kappa shape index (κ1) is 14.7. The Morgan fingerprint density at radius 2 is 1.54 bits per heavy atom. The number of hydrogen-bond donors (Lipinski definition) is 0. The van der Waals surface area contributed by atoms with Gasteiger partial charge in [-0.15, -0.1) is 0 Å². The summed E-state index contributed by atoms with van der Waals surface area (Å²) in [7, 11) is -3.89. The molecule has 0 aromatic heterocycles. The van der Waals surface area contributed by atoms with Crippen molar-refractivity contribution in [3.8, 4) is 0 Å². The van der Waals surface area contributed by atoms with Crippen LogP contribution in [0.4, 0.5) is 0 Å². The molecule has 24 heavy (non-hydrogen) atoms. The van der Waals surface area contributed by atoms with Gasteiger partial charge in [-0.3, -0.25) is 4.79 Å². The van der Waals surface area contributed by atoms with Crippen LogP contribution in [-0.2, 0) is 10.0 Å². The number of benzene rings is 3. The monoisotopic (exact) mass is 335 g/mol. The van der Waals surface area contributed by atoms with Gasteiger partial charge in [0.05, 0.1) is 4.90 Å². The van der Waals surface area contributed by atoms with Gasteiger partial charge in [0.25, 0.3) is 15.9 Å². The maximum atomic E-state index is 12.8. The Morgan fingerprint density at radius 1 is 0.833 bits per heavy atom. The van der Waals surface area contributed by atoms with Gasteiger partial charge in [-0.2, -0.15) is 0 Å². The van der Waals surface area contributed by atoms with Crippen LogP contribution in [0.1, 0.15) is 15.9 Å². The lowest BCUT2D eigenvalue weighted by molar-refractivity contribution is 0.0898. The second-order valence-corrected chi connectivity index (χ2v) is 7.30. The van der Waals surface area contributed by atoms with Crippen LogP contribution in [0.3, 0.4) is 0 Å². The zero-order valence-electron chi connectivity index (χ0n) is 12.6. The fraction of sp³-hybridized carbons (Fsp3) is 0. The number of hydrogen-bond acceptors (Lipinski definition) is 3. The molecule has 1 amide bonds. The van der Waals surface area contributed by atoms with E-state index in [1.54, 1.807) is 36.4 Å². The lowest BCUT2D eigenvalue weighted by Crippen LogP contribution is -2.34.